The van der Waals surface area contributed by atoms with Crippen molar-refractivity contribution in [3.8, 4) is 17.2 Å². The smallest absolute Gasteiger partial charge is 0.409 e. The van der Waals surface area contributed by atoms with Gasteiger partial charge in [-0.2, -0.15) is 0 Å². The average molecular weight is 313 g/mol. The van der Waals surface area contributed by atoms with Crippen LogP contribution >= 0.6 is 0 Å². The Morgan fingerprint density at radius 3 is 2.00 bits per heavy atom. The zero-order valence-electron chi connectivity index (χ0n) is 12.5. The van der Waals surface area contributed by atoms with Gasteiger partial charge in [0, 0.05) is 20.3 Å². The lowest BCUT2D eigenvalue weighted by Crippen LogP contribution is -2.17. The molecular weight excluding hydrogens is 294 g/mol. The van der Waals surface area contributed by atoms with Crippen molar-refractivity contribution in [2.75, 3.05) is 40.6 Å². The quantitative estimate of drug-likeness (QED) is 0.507. The lowest BCUT2D eigenvalue weighted by atomic mass is 10.2. The number of ether oxygens (including phenoxy) is 5. The Labute approximate surface area is 128 Å². The highest BCUT2D eigenvalue weighted by Gasteiger charge is 2.15. The van der Waals surface area contributed by atoms with E-state index in [2.05, 4.69) is 0 Å². The Balaban J connectivity index is 3.03. The highest BCUT2D eigenvalue weighted by molar-refractivity contribution is 5.83. The maximum absolute atomic E-state index is 11.1. The van der Waals surface area contributed by atoms with Gasteiger partial charge in [0.05, 0.1) is 18.8 Å². The highest BCUT2D eigenvalue weighted by Crippen LogP contribution is 2.34. The molecule has 1 aromatic rings. The number of methoxy groups -OCH3 is 2. The lowest BCUT2D eigenvalue weighted by molar-refractivity contribution is 0.111. The first-order chi connectivity index (χ1) is 10.6. The van der Waals surface area contributed by atoms with E-state index >= 15 is 0 Å². The van der Waals surface area contributed by atoms with Gasteiger partial charge in [-0.15, -0.1) is 0 Å². The largest absolute Gasteiger partial charge is 0.487 e. The Morgan fingerprint density at radius 1 is 1.00 bits per heavy atom. The minimum absolute atomic E-state index is 0.00555. The summed E-state index contributed by atoms with van der Waals surface area (Å²) in [7, 11) is 3.08. The standard InChI is InChI=1S/C14H19NO7/c1-18-3-5-20-12-7-10(9-16)11(22-14(15)17)8-13(12)21-6-4-19-2/h7-9H,3-6H2,1-2H3,(H2,15,17). The number of carbonyl (C=O) groups excluding carboxylic acids is 2. The predicted molar refractivity (Wildman–Crippen MR) is 76.8 cm³/mol. The van der Waals surface area contributed by atoms with Crippen LogP contribution in [0.15, 0.2) is 12.1 Å². The second-order valence-corrected chi connectivity index (χ2v) is 4.06. The predicted octanol–water partition coefficient (Wildman–Crippen LogP) is 1.01. The fourth-order valence-electron chi connectivity index (χ4n) is 1.54. The molecule has 0 saturated carbocycles. The molecular formula is C14H19NO7. The molecule has 1 rings (SSSR count). The summed E-state index contributed by atoms with van der Waals surface area (Å²) in [6, 6.07) is 2.77. The number of benzene rings is 1. The molecule has 0 fully saturated rings. The fourth-order valence-corrected chi connectivity index (χ4v) is 1.54. The van der Waals surface area contributed by atoms with Gasteiger partial charge in [-0.05, 0) is 6.07 Å². The van der Waals surface area contributed by atoms with Crippen LogP contribution in [-0.2, 0) is 9.47 Å². The summed E-state index contributed by atoms with van der Waals surface area (Å²) >= 11 is 0. The molecule has 22 heavy (non-hydrogen) atoms. The van der Waals surface area contributed by atoms with Crippen LogP contribution in [0.3, 0.4) is 0 Å². The molecule has 8 heteroatoms. The minimum Gasteiger partial charge on any atom is -0.487 e. The van der Waals surface area contributed by atoms with Crippen LogP contribution in [0.2, 0.25) is 0 Å². The summed E-state index contributed by atoms with van der Waals surface area (Å²) in [5, 5.41) is 0. The van der Waals surface area contributed by atoms with Crippen LogP contribution in [0, 0.1) is 0 Å². The van der Waals surface area contributed by atoms with E-state index in [1.807, 2.05) is 0 Å². The van der Waals surface area contributed by atoms with Crippen molar-refractivity contribution >= 4 is 12.4 Å². The maximum Gasteiger partial charge on any atom is 0.409 e. The summed E-state index contributed by atoms with van der Waals surface area (Å²) in [4.78, 5) is 22.0. The third-order valence-corrected chi connectivity index (χ3v) is 2.50. The van der Waals surface area contributed by atoms with E-state index < -0.39 is 6.09 Å². The molecule has 0 heterocycles. The molecule has 0 aliphatic carbocycles. The Bertz CT molecular complexity index is 504. The number of aldehydes is 1. The SMILES string of the molecule is COCCOc1cc(C=O)c(OC(N)=O)cc1OCCOC. The van der Waals surface area contributed by atoms with E-state index in [0.29, 0.717) is 31.0 Å². The van der Waals surface area contributed by atoms with Gasteiger partial charge in [0.1, 0.15) is 19.0 Å². The van der Waals surface area contributed by atoms with Gasteiger partial charge >= 0.3 is 6.09 Å². The van der Waals surface area contributed by atoms with Gasteiger partial charge in [-0.1, -0.05) is 0 Å². The van der Waals surface area contributed by atoms with Gasteiger partial charge in [0.2, 0.25) is 0 Å². The summed E-state index contributed by atoms with van der Waals surface area (Å²) in [6.45, 7) is 1.26. The molecule has 1 aromatic carbocycles. The van der Waals surface area contributed by atoms with Crippen LogP contribution in [0.25, 0.3) is 0 Å². The third-order valence-electron chi connectivity index (χ3n) is 2.50. The first kappa shape index (κ1) is 17.7. The summed E-state index contributed by atoms with van der Waals surface area (Å²) in [6.07, 6.45) is -0.501. The second-order valence-electron chi connectivity index (χ2n) is 4.06. The van der Waals surface area contributed by atoms with Gasteiger partial charge in [0.25, 0.3) is 0 Å². The molecule has 0 spiro atoms. The molecule has 0 atom stereocenters. The third kappa shape index (κ3) is 5.58. The maximum atomic E-state index is 11.1. The number of primary amides is 1. The molecule has 0 radical (unpaired) electrons. The van der Waals surface area contributed by atoms with Crippen LogP contribution in [0.4, 0.5) is 4.79 Å². The van der Waals surface area contributed by atoms with Gasteiger partial charge in [-0.3, -0.25) is 4.79 Å². The summed E-state index contributed by atoms with van der Waals surface area (Å²) < 4.78 is 25.5. The van der Waals surface area contributed by atoms with Crippen LogP contribution in [-0.4, -0.2) is 53.0 Å². The zero-order chi connectivity index (χ0) is 16.4. The van der Waals surface area contributed by atoms with E-state index in [1.165, 1.54) is 19.2 Å². The molecule has 0 aliphatic rings. The number of nitrogens with two attached hydrogens (primary N) is 1. The normalized spacial score (nSPS) is 10.1. The van der Waals surface area contributed by atoms with Crippen LogP contribution < -0.4 is 19.9 Å². The first-order valence-electron chi connectivity index (χ1n) is 6.46. The zero-order valence-corrected chi connectivity index (χ0v) is 12.5. The van der Waals surface area contributed by atoms with E-state index in [0.717, 1.165) is 0 Å². The number of hydrogen-bond donors (Lipinski definition) is 1. The number of amides is 1. The van der Waals surface area contributed by atoms with Crippen molar-refractivity contribution < 1.29 is 33.3 Å². The van der Waals surface area contributed by atoms with Crippen molar-refractivity contribution in [1.82, 2.24) is 0 Å². The van der Waals surface area contributed by atoms with Gasteiger partial charge in [0.15, 0.2) is 17.8 Å². The molecule has 0 bridgehead atoms. The molecule has 1 amide bonds. The van der Waals surface area contributed by atoms with Crippen molar-refractivity contribution in [3.05, 3.63) is 17.7 Å². The van der Waals surface area contributed by atoms with Crippen LogP contribution in [0.5, 0.6) is 17.2 Å². The van der Waals surface area contributed by atoms with Gasteiger partial charge < -0.3 is 29.4 Å². The number of hydrogen-bond acceptors (Lipinski definition) is 7. The van der Waals surface area contributed by atoms with Gasteiger partial charge in [-0.25, -0.2) is 4.79 Å². The Kier molecular flexibility index (Phi) is 7.73. The van der Waals surface area contributed by atoms with Crippen molar-refractivity contribution in [2.24, 2.45) is 5.73 Å². The summed E-state index contributed by atoms with van der Waals surface area (Å²) in [5.41, 5.74) is 5.09. The summed E-state index contributed by atoms with van der Waals surface area (Å²) in [5.74, 6) is 0.621. The monoisotopic (exact) mass is 313 g/mol. The van der Waals surface area contributed by atoms with E-state index in [9.17, 15) is 9.59 Å². The molecule has 0 unspecified atom stereocenters. The van der Waals surface area contributed by atoms with Crippen LogP contribution in [0.1, 0.15) is 10.4 Å². The average Bonchev–Trinajstić information content (AvgIpc) is 2.49. The molecule has 122 valence electrons. The van der Waals surface area contributed by atoms with Crippen molar-refractivity contribution in [2.45, 2.75) is 0 Å². The minimum atomic E-state index is -1.03. The van der Waals surface area contributed by atoms with Crippen molar-refractivity contribution in [1.29, 1.82) is 0 Å². The highest BCUT2D eigenvalue weighted by atomic mass is 16.6. The lowest BCUT2D eigenvalue weighted by Gasteiger charge is -2.15. The topological polar surface area (TPSA) is 106 Å². The molecule has 0 aromatic heterocycles. The molecule has 8 nitrogen and oxygen atoms in total. The molecule has 0 aliphatic heterocycles. The fraction of sp³-hybridized carbons (Fsp3) is 0.429. The van der Waals surface area contributed by atoms with E-state index in [-0.39, 0.29) is 24.5 Å². The first-order valence-corrected chi connectivity index (χ1v) is 6.46. The second kappa shape index (κ2) is 9.59. The Hall–Kier alpha value is -2.32. The Morgan fingerprint density at radius 2 is 1.55 bits per heavy atom. The number of carbonyl (C=O) groups is 2. The molecule has 0 saturated heterocycles. The number of rotatable bonds is 10. The molecule has 2 N–H and O–H groups in total. The van der Waals surface area contributed by atoms with E-state index in [1.54, 1.807) is 7.11 Å². The van der Waals surface area contributed by atoms with Crippen molar-refractivity contribution in [3.63, 3.8) is 0 Å². The van der Waals surface area contributed by atoms with E-state index in [4.69, 9.17) is 29.4 Å².